The molecule has 1 fully saturated rings. The molecule has 1 atom stereocenters. The standard InChI is InChI=1S/C17H27NO/c1-13-11-15(19-2)9-10-16(13)17(18)12-14-7-5-3-4-6-8-14/h9-11,14,17H,3-8,12,18H2,1-2H3. The lowest BCUT2D eigenvalue weighted by molar-refractivity contribution is 0.391. The summed E-state index contributed by atoms with van der Waals surface area (Å²) in [6, 6.07) is 6.42. The van der Waals surface area contributed by atoms with E-state index in [2.05, 4.69) is 19.1 Å². The van der Waals surface area contributed by atoms with Crippen molar-refractivity contribution < 1.29 is 4.74 Å². The minimum absolute atomic E-state index is 0.175. The Morgan fingerprint density at radius 1 is 1.21 bits per heavy atom. The Labute approximate surface area is 117 Å². The van der Waals surface area contributed by atoms with Crippen LogP contribution in [0, 0.1) is 12.8 Å². The molecule has 0 spiro atoms. The predicted molar refractivity (Wildman–Crippen MR) is 80.5 cm³/mol. The summed E-state index contributed by atoms with van der Waals surface area (Å²) >= 11 is 0. The maximum Gasteiger partial charge on any atom is 0.119 e. The maximum atomic E-state index is 6.43. The molecule has 2 N–H and O–H groups in total. The van der Waals surface area contributed by atoms with Gasteiger partial charge in [-0.05, 0) is 42.5 Å². The molecule has 19 heavy (non-hydrogen) atoms. The molecule has 0 saturated heterocycles. The van der Waals surface area contributed by atoms with Crippen molar-refractivity contribution in [2.75, 3.05) is 7.11 Å². The predicted octanol–water partition coefficient (Wildman–Crippen LogP) is 4.36. The van der Waals surface area contributed by atoms with Gasteiger partial charge in [-0.3, -0.25) is 0 Å². The Hall–Kier alpha value is -1.02. The molecular weight excluding hydrogens is 234 g/mol. The van der Waals surface area contributed by atoms with Gasteiger partial charge in [-0.2, -0.15) is 0 Å². The van der Waals surface area contributed by atoms with Crippen molar-refractivity contribution in [3.8, 4) is 5.75 Å². The smallest absolute Gasteiger partial charge is 0.119 e. The normalized spacial score (nSPS) is 18.9. The molecule has 1 aliphatic carbocycles. The van der Waals surface area contributed by atoms with Crippen molar-refractivity contribution >= 4 is 0 Å². The highest BCUT2D eigenvalue weighted by molar-refractivity contribution is 5.36. The lowest BCUT2D eigenvalue weighted by atomic mass is 9.88. The Balaban J connectivity index is 2.00. The quantitative estimate of drug-likeness (QED) is 0.817. The average Bonchev–Trinajstić information content (AvgIpc) is 2.67. The SMILES string of the molecule is COc1ccc(C(N)CC2CCCCCC2)c(C)c1. The Bertz CT molecular complexity index is 394. The molecule has 1 aromatic rings. The van der Waals surface area contributed by atoms with Crippen LogP contribution in [0.1, 0.15) is 62.1 Å². The van der Waals surface area contributed by atoms with Gasteiger partial charge in [-0.25, -0.2) is 0 Å². The molecule has 106 valence electrons. The first kappa shape index (κ1) is 14.4. The second-order valence-corrected chi connectivity index (χ2v) is 5.92. The van der Waals surface area contributed by atoms with Gasteiger partial charge in [-0.15, -0.1) is 0 Å². The van der Waals surface area contributed by atoms with Crippen LogP contribution in [0.15, 0.2) is 18.2 Å². The summed E-state index contributed by atoms with van der Waals surface area (Å²) in [4.78, 5) is 0. The Kier molecular flexibility index (Phi) is 5.26. The molecule has 2 heteroatoms. The molecule has 0 heterocycles. The first-order chi connectivity index (χ1) is 9.20. The summed E-state index contributed by atoms with van der Waals surface area (Å²) in [5.41, 5.74) is 8.96. The summed E-state index contributed by atoms with van der Waals surface area (Å²) in [6.45, 7) is 2.13. The molecule has 2 nitrogen and oxygen atoms in total. The first-order valence-electron chi connectivity index (χ1n) is 7.61. The van der Waals surface area contributed by atoms with Crippen molar-refractivity contribution in [1.82, 2.24) is 0 Å². The van der Waals surface area contributed by atoms with Gasteiger partial charge in [0.25, 0.3) is 0 Å². The topological polar surface area (TPSA) is 35.2 Å². The van der Waals surface area contributed by atoms with E-state index < -0.39 is 0 Å². The van der Waals surface area contributed by atoms with E-state index in [4.69, 9.17) is 10.5 Å². The van der Waals surface area contributed by atoms with Gasteiger partial charge in [0.2, 0.25) is 0 Å². The van der Waals surface area contributed by atoms with Gasteiger partial charge in [-0.1, -0.05) is 44.6 Å². The molecule has 0 aliphatic heterocycles. The van der Waals surface area contributed by atoms with E-state index in [1.165, 1.54) is 49.7 Å². The molecule has 0 bridgehead atoms. The molecule has 0 radical (unpaired) electrons. The van der Waals surface area contributed by atoms with E-state index in [0.717, 1.165) is 18.1 Å². The summed E-state index contributed by atoms with van der Waals surface area (Å²) in [7, 11) is 1.71. The number of aryl methyl sites for hydroxylation is 1. The fourth-order valence-corrected chi connectivity index (χ4v) is 3.28. The van der Waals surface area contributed by atoms with Crippen molar-refractivity contribution in [3.05, 3.63) is 29.3 Å². The van der Waals surface area contributed by atoms with Crippen LogP contribution in [0.5, 0.6) is 5.75 Å². The third-order valence-corrected chi connectivity index (χ3v) is 4.44. The molecule has 0 aromatic heterocycles. The monoisotopic (exact) mass is 261 g/mol. The summed E-state index contributed by atoms with van der Waals surface area (Å²) < 4.78 is 5.26. The van der Waals surface area contributed by atoms with Crippen LogP contribution in [0.25, 0.3) is 0 Å². The van der Waals surface area contributed by atoms with Crippen LogP contribution >= 0.6 is 0 Å². The first-order valence-corrected chi connectivity index (χ1v) is 7.61. The van der Waals surface area contributed by atoms with Gasteiger partial charge in [0, 0.05) is 6.04 Å². The molecule has 1 aromatic carbocycles. The minimum Gasteiger partial charge on any atom is -0.497 e. The molecule has 1 saturated carbocycles. The van der Waals surface area contributed by atoms with Crippen LogP contribution in [-0.4, -0.2) is 7.11 Å². The van der Waals surface area contributed by atoms with Crippen molar-refractivity contribution in [3.63, 3.8) is 0 Å². The van der Waals surface area contributed by atoms with Crippen LogP contribution in [0.2, 0.25) is 0 Å². The lowest BCUT2D eigenvalue weighted by Gasteiger charge is -2.21. The van der Waals surface area contributed by atoms with Crippen LogP contribution in [0.4, 0.5) is 0 Å². The zero-order chi connectivity index (χ0) is 13.7. The molecule has 1 aliphatic rings. The average molecular weight is 261 g/mol. The second kappa shape index (κ2) is 6.95. The van der Waals surface area contributed by atoms with Gasteiger partial charge >= 0.3 is 0 Å². The summed E-state index contributed by atoms with van der Waals surface area (Å²) in [5, 5.41) is 0. The van der Waals surface area contributed by atoms with E-state index in [-0.39, 0.29) is 6.04 Å². The highest BCUT2D eigenvalue weighted by Gasteiger charge is 2.18. The molecule has 2 rings (SSSR count). The van der Waals surface area contributed by atoms with Crippen LogP contribution in [0.3, 0.4) is 0 Å². The summed E-state index contributed by atoms with van der Waals surface area (Å²) in [5.74, 6) is 1.74. The fourth-order valence-electron chi connectivity index (χ4n) is 3.28. The number of hydrogen-bond acceptors (Lipinski definition) is 2. The van der Waals surface area contributed by atoms with E-state index in [9.17, 15) is 0 Å². The number of ether oxygens (including phenoxy) is 1. The maximum absolute atomic E-state index is 6.43. The lowest BCUT2D eigenvalue weighted by Crippen LogP contribution is -2.16. The van der Waals surface area contributed by atoms with Gasteiger partial charge < -0.3 is 10.5 Å². The van der Waals surface area contributed by atoms with Gasteiger partial charge in [0.1, 0.15) is 5.75 Å². The highest BCUT2D eigenvalue weighted by Crippen LogP contribution is 2.31. The van der Waals surface area contributed by atoms with Crippen LogP contribution in [-0.2, 0) is 0 Å². The number of benzene rings is 1. The third kappa shape index (κ3) is 3.97. The van der Waals surface area contributed by atoms with E-state index in [1.807, 2.05) is 6.07 Å². The molecule has 1 unspecified atom stereocenters. The van der Waals surface area contributed by atoms with E-state index >= 15 is 0 Å². The number of nitrogens with two attached hydrogens (primary N) is 1. The Morgan fingerprint density at radius 2 is 1.89 bits per heavy atom. The van der Waals surface area contributed by atoms with Gasteiger partial charge in [0.15, 0.2) is 0 Å². The molecule has 0 amide bonds. The van der Waals surface area contributed by atoms with Crippen LogP contribution < -0.4 is 10.5 Å². The number of rotatable bonds is 4. The highest BCUT2D eigenvalue weighted by atomic mass is 16.5. The summed E-state index contributed by atoms with van der Waals surface area (Å²) in [6.07, 6.45) is 9.46. The van der Waals surface area contributed by atoms with E-state index in [0.29, 0.717) is 0 Å². The van der Waals surface area contributed by atoms with Crippen molar-refractivity contribution in [2.24, 2.45) is 11.7 Å². The minimum atomic E-state index is 0.175. The van der Waals surface area contributed by atoms with Crippen molar-refractivity contribution in [1.29, 1.82) is 0 Å². The Morgan fingerprint density at radius 3 is 2.47 bits per heavy atom. The number of methoxy groups -OCH3 is 1. The fraction of sp³-hybridized carbons (Fsp3) is 0.647. The third-order valence-electron chi connectivity index (χ3n) is 4.44. The largest absolute Gasteiger partial charge is 0.497 e. The second-order valence-electron chi connectivity index (χ2n) is 5.92. The van der Waals surface area contributed by atoms with E-state index in [1.54, 1.807) is 7.11 Å². The number of hydrogen-bond donors (Lipinski definition) is 1. The molecular formula is C17H27NO. The van der Waals surface area contributed by atoms with Crippen molar-refractivity contribution in [2.45, 2.75) is 57.9 Å². The van der Waals surface area contributed by atoms with Gasteiger partial charge in [0.05, 0.1) is 7.11 Å². The zero-order valence-electron chi connectivity index (χ0n) is 12.3. The zero-order valence-corrected chi connectivity index (χ0v) is 12.3.